The number of nitrogens with zero attached hydrogens (tertiary/aromatic N) is 1. The number of carbonyl (C=O) groups is 1. The van der Waals surface area contributed by atoms with E-state index in [1.807, 2.05) is 18.9 Å². The highest BCUT2D eigenvalue weighted by Crippen LogP contribution is 2.30. The average molecular weight is 172 g/mol. The molecule has 0 aromatic rings. The number of likely N-dealkylation sites (N-methyl/N-ethyl adjacent to an activating group) is 1. The van der Waals surface area contributed by atoms with Crippen molar-refractivity contribution in [2.24, 2.45) is 0 Å². The minimum Gasteiger partial charge on any atom is -0.292 e. The number of nitrogens with one attached hydrogen (secondary N) is 1. The van der Waals surface area contributed by atoms with Crippen LogP contribution in [-0.2, 0) is 4.79 Å². The summed E-state index contributed by atoms with van der Waals surface area (Å²) in [5, 5.41) is 8.58. The van der Waals surface area contributed by atoms with Crippen LogP contribution < -0.4 is 5.48 Å². The van der Waals surface area contributed by atoms with E-state index in [2.05, 4.69) is 0 Å². The Morgan fingerprint density at radius 1 is 1.75 bits per heavy atom. The smallest absolute Gasteiger partial charge is 0.263 e. The molecule has 4 nitrogen and oxygen atoms in total. The lowest BCUT2D eigenvalue weighted by molar-refractivity contribution is -0.140. The molecule has 4 heteroatoms. The van der Waals surface area contributed by atoms with Crippen LogP contribution in [0.2, 0.25) is 0 Å². The minimum absolute atomic E-state index is 0.273. The Bertz CT molecular complexity index is 184. The topological polar surface area (TPSA) is 52.6 Å². The van der Waals surface area contributed by atoms with E-state index >= 15 is 0 Å². The van der Waals surface area contributed by atoms with Gasteiger partial charge in [0.05, 0.1) is 0 Å². The van der Waals surface area contributed by atoms with Crippen LogP contribution in [0, 0.1) is 0 Å². The Morgan fingerprint density at radius 3 is 2.75 bits per heavy atom. The fraction of sp³-hybridized carbons (Fsp3) is 0.875. The molecule has 1 aliphatic rings. The quantitative estimate of drug-likeness (QED) is 0.467. The lowest BCUT2D eigenvalue weighted by atomic mass is 9.92. The second kappa shape index (κ2) is 3.41. The van der Waals surface area contributed by atoms with Crippen LogP contribution >= 0.6 is 0 Å². The Balaban J connectivity index is 2.81. The second-order valence-corrected chi connectivity index (χ2v) is 3.35. The van der Waals surface area contributed by atoms with Crippen LogP contribution in [0.1, 0.15) is 26.2 Å². The molecule has 0 radical (unpaired) electrons. The lowest BCUT2D eigenvalue weighted by Gasteiger charge is -2.32. The summed E-state index contributed by atoms with van der Waals surface area (Å²) < 4.78 is 0. The van der Waals surface area contributed by atoms with Gasteiger partial charge in [0.1, 0.15) is 5.54 Å². The Morgan fingerprint density at radius 2 is 2.42 bits per heavy atom. The predicted octanol–water partition coefficient (Wildman–Crippen LogP) is 0.366. The van der Waals surface area contributed by atoms with E-state index in [-0.39, 0.29) is 5.91 Å². The number of hydroxylamine groups is 1. The van der Waals surface area contributed by atoms with Crippen molar-refractivity contribution in [3.63, 3.8) is 0 Å². The molecule has 1 atom stereocenters. The number of hydrogen-bond donors (Lipinski definition) is 2. The SMILES string of the molecule is CCC1(C(=O)NO)CCCN1C. The van der Waals surface area contributed by atoms with Crippen LogP contribution in [0.3, 0.4) is 0 Å². The van der Waals surface area contributed by atoms with Crippen molar-refractivity contribution in [2.75, 3.05) is 13.6 Å². The van der Waals surface area contributed by atoms with Gasteiger partial charge in [0, 0.05) is 0 Å². The molecule has 1 fully saturated rings. The summed E-state index contributed by atoms with van der Waals surface area (Å²) in [5.74, 6) is -0.273. The molecule has 1 amide bonds. The second-order valence-electron chi connectivity index (χ2n) is 3.35. The van der Waals surface area contributed by atoms with Crippen molar-refractivity contribution < 1.29 is 10.0 Å². The summed E-state index contributed by atoms with van der Waals surface area (Å²) in [7, 11) is 1.92. The zero-order valence-corrected chi connectivity index (χ0v) is 7.63. The molecule has 0 bridgehead atoms. The van der Waals surface area contributed by atoms with Gasteiger partial charge in [-0.3, -0.25) is 14.9 Å². The van der Waals surface area contributed by atoms with Crippen molar-refractivity contribution in [1.29, 1.82) is 0 Å². The first kappa shape index (κ1) is 9.48. The molecule has 12 heavy (non-hydrogen) atoms. The van der Waals surface area contributed by atoms with E-state index in [4.69, 9.17) is 5.21 Å². The largest absolute Gasteiger partial charge is 0.292 e. The van der Waals surface area contributed by atoms with Crippen molar-refractivity contribution in [3.05, 3.63) is 0 Å². The predicted molar refractivity (Wildman–Crippen MR) is 44.8 cm³/mol. The van der Waals surface area contributed by atoms with Gasteiger partial charge in [-0.25, -0.2) is 5.48 Å². The number of carbonyl (C=O) groups excluding carboxylic acids is 1. The van der Waals surface area contributed by atoms with Crippen LogP contribution in [0.15, 0.2) is 0 Å². The molecule has 0 aromatic carbocycles. The Hall–Kier alpha value is -0.610. The summed E-state index contributed by atoms with van der Waals surface area (Å²) in [4.78, 5) is 13.4. The van der Waals surface area contributed by atoms with Gasteiger partial charge in [-0.15, -0.1) is 0 Å². The highest BCUT2D eigenvalue weighted by molar-refractivity contribution is 5.85. The van der Waals surface area contributed by atoms with Crippen molar-refractivity contribution in [1.82, 2.24) is 10.4 Å². The molecule has 0 spiro atoms. The molecule has 0 aromatic heterocycles. The molecular formula is C8H16N2O2. The molecule has 70 valence electrons. The van der Waals surface area contributed by atoms with Gasteiger partial charge in [-0.05, 0) is 32.9 Å². The number of likely N-dealkylation sites (tertiary alicyclic amines) is 1. The summed E-state index contributed by atoms with van der Waals surface area (Å²) >= 11 is 0. The maximum atomic E-state index is 11.4. The molecule has 2 N–H and O–H groups in total. The summed E-state index contributed by atoms with van der Waals surface area (Å²) in [5.41, 5.74) is 1.28. The number of hydrogen-bond acceptors (Lipinski definition) is 3. The van der Waals surface area contributed by atoms with E-state index in [1.165, 1.54) is 0 Å². The summed E-state index contributed by atoms with van der Waals surface area (Å²) in [6, 6.07) is 0. The van der Waals surface area contributed by atoms with Gasteiger partial charge in [-0.1, -0.05) is 6.92 Å². The van der Waals surface area contributed by atoms with Crippen molar-refractivity contribution in [2.45, 2.75) is 31.7 Å². The van der Waals surface area contributed by atoms with Crippen LogP contribution in [0.4, 0.5) is 0 Å². The number of rotatable bonds is 2. The standard InChI is InChI=1S/C8H16N2O2/c1-3-8(7(11)9-12)5-4-6-10(8)2/h12H,3-6H2,1-2H3,(H,9,11). The number of amides is 1. The maximum absolute atomic E-state index is 11.4. The molecule has 1 saturated heterocycles. The van der Waals surface area contributed by atoms with Gasteiger partial charge in [-0.2, -0.15) is 0 Å². The first-order valence-corrected chi connectivity index (χ1v) is 4.33. The summed E-state index contributed by atoms with van der Waals surface area (Å²) in [6.45, 7) is 2.90. The first-order valence-electron chi connectivity index (χ1n) is 4.33. The van der Waals surface area contributed by atoms with E-state index in [0.29, 0.717) is 0 Å². The third kappa shape index (κ3) is 1.21. The van der Waals surface area contributed by atoms with Gasteiger partial charge >= 0.3 is 0 Å². The van der Waals surface area contributed by atoms with Crippen LogP contribution in [0.25, 0.3) is 0 Å². The van der Waals surface area contributed by atoms with Crippen molar-refractivity contribution >= 4 is 5.91 Å². The molecule has 1 unspecified atom stereocenters. The third-order valence-electron chi connectivity index (χ3n) is 2.92. The normalized spacial score (nSPS) is 30.6. The molecule has 0 saturated carbocycles. The van der Waals surface area contributed by atoms with Crippen LogP contribution in [-0.4, -0.2) is 35.1 Å². The van der Waals surface area contributed by atoms with Gasteiger partial charge in [0.2, 0.25) is 0 Å². The van der Waals surface area contributed by atoms with Gasteiger partial charge < -0.3 is 0 Å². The minimum atomic E-state index is -0.464. The highest BCUT2D eigenvalue weighted by Gasteiger charge is 2.43. The Kier molecular flexibility index (Phi) is 2.69. The fourth-order valence-corrected chi connectivity index (χ4v) is 2.01. The zero-order chi connectivity index (χ0) is 9.19. The monoisotopic (exact) mass is 172 g/mol. The van der Waals surface area contributed by atoms with E-state index < -0.39 is 5.54 Å². The molecule has 1 rings (SSSR count). The van der Waals surface area contributed by atoms with Gasteiger partial charge in [0.15, 0.2) is 0 Å². The van der Waals surface area contributed by atoms with Crippen LogP contribution in [0.5, 0.6) is 0 Å². The maximum Gasteiger partial charge on any atom is 0.263 e. The third-order valence-corrected chi connectivity index (χ3v) is 2.92. The zero-order valence-electron chi connectivity index (χ0n) is 7.63. The van der Waals surface area contributed by atoms with E-state index in [0.717, 1.165) is 25.8 Å². The Labute approximate surface area is 72.5 Å². The van der Waals surface area contributed by atoms with Gasteiger partial charge in [0.25, 0.3) is 5.91 Å². The highest BCUT2D eigenvalue weighted by atomic mass is 16.5. The first-order chi connectivity index (χ1) is 5.67. The summed E-state index contributed by atoms with van der Waals surface area (Å²) in [6.07, 6.45) is 2.61. The van der Waals surface area contributed by atoms with Crippen molar-refractivity contribution in [3.8, 4) is 0 Å². The molecular weight excluding hydrogens is 156 g/mol. The molecule has 1 heterocycles. The average Bonchev–Trinajstić information content (AvgIpc) is 2.46. The fourth-order valence-electron chi connectivity index (χ4n) is 2.01. The van der Waals surface area contributed by atoms with E-state index in [1.54, 1.807) is 5.48 Å². The molecule has 0 aliphatic carbocycles. The van der Waals surface area contributed by atoms with E-state index in [9.17, 15) is 4.79 Å². The lowest BCUT2D eigenvalue weighted by Crippen LogP contribution is -2.52. The molecule has 1 aliphatic heterocycles.